The second-order valence-corrected chi connectivity index (χ2v) is 5.27. The minimum atomic E-state index is 0.0449. The zero-order valence-corrected chi connectivity index (χ0v) is 13.6. The lowest BCUT2D eigenvalue weighted by Crippen LogP contribution is -2.28. The van der Waals surface area contributed by atoms with Crippen LogP contribution >= 0.6 is 0 Å². The van der Waals surface area contributed by atoms with E-state index < -0.39 is 0 Å². The number of methoxy groups -OCH3 is 1. The Morgan fingerprint density at radius 2 is 1.86 bits per heavy atom. The molecule has 0 spiro atoms. The summed E-state index contributed by atoms with van der Waals surface area (Å²) in [4.78, 5) is 12.6. The maximum atomic E-state index is 12.6. The summed E-state index contributed by atoms with van der Waals surface area (Å²) >= 11 is 0. The van der Waals surface area contributed by atoms with E-state index >= 15 is 0 Å². The molecule has 0 aliphatic heterocycles. The number of aryl methyl sites for hydroxylation is 1. The minimum Gasteiger partial charge on any atom is -0.383 e. The predicted octanol–water partition coefficient (Wildman–Crippen LogP) is 2.44. The second kappa shape index (κ2) is 7.92. The highest BCUT2D eigenvalue weighted by molar-refractivity contribution is 5.60. The molecule has 0 amide bonds. The van der Waals surface area contributed by atoms with Crippen LogP contribution in [0.3, 0.4) is 0 Å². The van der Waals surface area contributed by atoms with Gasteiger partial charge in [0.2, 0.25) is 0 Å². The standard InChI is InChI=1S/C18H24N2O2/c1-4-14-5-7-15(8-6-14)17-10-9-16(13-19-2)18(21)20(17)11-12-22-3/h5-10,19H,4,11-13H2,1-3H3. The van der Waals surface area contributed by atoms with Gasteiger partial charge in [-0.05, 0) is 30.7 Å². The number of aromatic nitrogens is 1. The first-order valence-electron chi connectivity index (χ1n) is 7.66. The molecule has 1 aromatic heterocycles. The molecule has 4 heteroatoms. The highest BCUT2D eigenvalue weighted by Crippen LogP contribution is 2.19. The predicted molar refractivity (Wildman–Crippen MR) is 90.2 cm³/mol. The first-order chi connectivity index (χ1) is 10.7. The van der Waals surface area contributed by atoms with Gasteiger partial charge in [0.1, 0.15) is 0 Å². The molecule has 0 saturated heterocycles. The van der Waals surface area contributed by atoms with Crippen LogP contribution in [0.15, 0.2) is 41.2 Å². The van der Waals surface area contributed by atoms with Crippen LogP contribution in [-0.4, -0.2) is 25.3 Å². The Morgan fingerprint density at radius 3 is 2.45 bits per heavy atom. The lowest BCUT2D eigenvalue weighted by Gasteiger charge is -2.15. The number of benzene rings is 1. The highest BCUT2D eigenvalue weighted by Gasteiger charge is 2.10. The lowest BCUT2D eigenvalue weighted by atomic mass is 10.1. The molecule has 2 rings (SSSR count). The molecule has 0 aliphatic rings. The first-order valence-corrected chi connectivity index (χ1v) is 7.66. The molecule has 0 unspecified atom stereocenters. The Bertz CT molecular complexity index is 660. The van der Waals surface area contributed by atoms with Crippen LogP contribution < -0.4 is 10.9 Å². The molecule has 1 N–H and O–H groups in total. The van der Waals surface area contributed by atoms with Gasteiger partial charge in [0, 0.05) is 25.8 Å². The molecule has 1 heterocycles. The Hall–Kier alpha value is -1.91. The fraction of sp³-hybridized carbons (Fsp3) is 0.389. The van der Waals surface area contributed by atoms with Gasteiger partial charge >= 0.3 is 0 Å². The molecule has 4 nitrogen and oxygen atoms in total. The molecule has 0 aliphatic carbocycles. The van der Waals surface area contributed by atoms with Crippen molar-refractivity contribution >= 4 is 0 Å². The van der Waals surface area contributed by atoms with E-state index in [1.165, 1.54) is 5.56 Å². The number of hydrogen-bond acceptors (Lipinski definition) is 3. The largest absolute Gasteiger partial charge is 0.383 e. The second-order valence-electron chi connectivity index (χ2n) is 5.27. The minimum absolute atomic E-state index is 0.0449. The molecule has 0 atom stereocenters. The van der Waals surface area contributed by atoms with Gasteiger partial charge in [-0.15, -0.1) is 0 Å². The van der Waals surface area contributed by atoms with Gasteiger partial charge in [-0.25, -0.2) is 0 Å². The third kappa shape index (κ3) is 3.64. The summed E-state index contributed by atoms with van der Waals surface area (Å²) in [6.07, 6.45) is 1.01. The van der Waals surface area contributed by atoms with Crippen LogP contribution in [0.2, 0.25) is 0 Å². The Labute approximate surface area is 131 Å². The van der Waals surface area contributed by atoms with E-state index in [1.54, 1.807) is 11.7 Å². The number of pyridine rings is 1. The van der Waals surface area contributed by atoms with Crippen molar-refractivity contribution in [3.63, 3.8) is 0 Å². The fourth-order valence-corrected chi connectivity index (χ4v) is 2.52. The average molecular weight is 300 g/mol. The third-order valence-electron chi connectivity index (χ3n) is 3.80. The van der Waals surface area contributed by atoms with Crippen molar-refractivity contribution in [1.82, 2.24) is 9.88 Å². The van der Waals surface area contributed by atoms with Gasteiger partial charge in [-0.1, -0.05) is 37.3 Å². The van der Waals surface area contributed by atoms with E-state index in [0.717, 1.165) is 23.2 Å². The topological polar surface area (TPSA) is 43.3 Å². The zero-order valence-electron chi connectivity index (χ0n) is 13.6. The van der Waals surface area contributed by atoms with E-state index in [0.29, 0.717) is 19.7 Å². The van der Waals surface area contributed by atoms with Crippen molar-refractivity contribution < 1.29 is 4.74 Å². The molecule has 2 aromatic rings. The fourth-order valence-electron chi connectivity index (χ4n) is 2.52. The average Bonchev–Trinajstić information content (AvgIpc) is 2.56. The van der Waals surface area contributed by atoms with Crippen molar-refractivity contribution in [3.05, 3.63) is 57.9 Å². The van der Waals surface area contributed by atoms with E-state index in [9.17, 15) is 4.79 Å². The Morgan fingerprint density at radius 1 is 1.14 bits per heavy atom. The van der Waals surface area contributed by atoms with Crippen molar-refractivity contribution in [3.8, 4) is 11.3 Å². The molecule has 0 radical (unpaired) electrons. The van der Waals surface area contributed by atoms with Gasteiger partial charge in [0.05, 0.1) is 12.3 Å². The van der Waals surface area contributed by atoms with Crippen LogP contribution in [0, 0.1) is 0 Å². The first kappa shape index (κ1) is 16.5. The quantitative estimate of drug-likeness (QED) is 0.854. The Kier molecular flexibility index (Phi) is 5.92. The molecule has 0 saturated carbocycles. The van der Waals surface area contributed by atoms with Gasteiger partial charge in [0.25, 0.3) is 5.56 Å². The van der Waals surface area contributed by atoms with E-state index in [-0.39, 0.29) is 5.56 Å². The molecule has 22 heavy (non-hydrogen) atoms. The summed E-state index contributed by atoms with van der Waals surface area (Å²) in [7, 11) is 3.49. The van der Waals surface area contributed by atoms with Crippen molar-refractivity contribution in [2.24, 2.45) is 0 Å². The lowest BCUT2D eigenvalue weighted by molar-refractivity contribution is 0.186. The van der Waals surface area contributed by atoms with E-state index in [1.807, 2.05) is 19.2 Å². The summed E-state index contributed by atoms with van der Waals surface area (Å²) in [5, 5.41) is 3.04. The summed E-state index contributed by atoms with van der Waals surface area (Å²) in [6.45, 7) is 3.78. The summed E-state index contributed by atoms with van der Waals surface area (Å²) < 4.78 is 6.96. The number of nitrogens with one attached hydrogen (secondary N) is 1. The number of hydrogen-bond donors (Lipinski definition) is 1. The highest BCUT2D eigenvalue weighted by atomic mass is 16.5. The van der Waals surface area contributed by atoms with Crippen LogP contribution in [0.25, 0.3) is 11.3 Å². The van der Waals surface area contributed by atoms with Crippen molar-refractivity contribution in [2.75, 3.05) is 20.8 Å². The van der Waals surface area contributed by atoms with Crippen LogP contribution in [0.4, 0.5) is 0 Å². The normalized spacial score (nSPS) is 10.9. The molecule has 0 fully saturated rings. The number of ether oxygens (including phenoxy) is 1. The zero-order chi connectivity index (χ0) is 15.9. The van der Waals surface area contributed by atoms with Gasteiger partial charge < -0.3 is 14.6 Å². The maximum absolute atomic E-state index is 12.6. The number of nitrogens with zero attached hydrogens (tertiary/aromatic N) is 1. The Balaban J connectivity index is 2.48. The smallest absolute Gasteiger partial charge is 0.255 e. The van der Waals surface area contributed by atoms with Gasteiger partial charge in [-0.2, -0.15) is 0 Å². The van der Waals surface area contributed by atoms with E-state index in [2.05, 4.69) is 36.5 Å². The summed E-state index contributed by atoms with van der Waals surface area (Å²) in [5.74, 6) is 0. The monoisotopic (exact) mass is 300 g/mol. The van der Waals surface area contributed by atoms with Crippen LogP contribution in [0.1, 0.15) is 18.1 Å². The van der Waals surface area contributed by atoms with Gasteiger partial charge in [-0.3, -0.25) is 4.79 Å². The van der Waals surface area contributed by atoms with Crippen molar-refractivity contribution in [2.45, 2.75) is 26.4 Å². The third-order valence-corrected chi connectivity index (χ3v) is 3.80. The molecule has 1 aromatic carbocycles. The summed E-state index contributed by atoms with van der Waals surface area (Å²) in [6, 6.07) is 12.3. The van der Waals surface area contributed by atoms with Crippen molar-refractivity contribution in [1.29, 1.82) is 0 Å². The van der Waals surface area contributed by atoms with E-state index in [4.69, 9.17) is 4.74 Å². The van der Waals surface area contributed by atoms with Gasteiger partial charge in [0.15, 0.2) is 0 Å². The maximum Gasteiger partial charge on any atom is 0.255 e. The summed E-state index contributed by atoms with van der Waals surface area (Å²) in [5.41, 5.74) is 4.10. The number of rotatable bonds is 7. The molecular weight excluding hydrogens is 276 g/mol. The molecule has 0 bridgehead atoms. The SMILES string of the molecule is CCc1ccc(-c2ccc(CNC)c(=O)n2CCOC)cc1. The van der Waals surface area contributed by atoms with Crippen LogP contribution in [0.5, 0.6) is 0 Å². The van der Waals surface area contributed by atoms with Crippen LogP contribution in [-0.2, 0) is 24.2 Å². The molecular formula is C18H24N2O2. The molecule has 118 valence electrons.